The number of methoxy groups -OCH3 is 1. The molecular weight excluding hydrogens is 400 g/mol. The highest BCUT2D eigenvalue weighted by molar-refractivity contribution is 6.11. The van der Waals surface area contributed by atoms with Crippen LogP contribution in [0, 0.1) is 12.8 Å². The lowest BCUT2D eigenvalue weighted by Gasteiger charge is -2.33. The molecule has 1 aromatic carbocycles. The zero-order valence-corrected chi connectivity index (χ0v) is 17.6. The van der Waals surface area contributed by atoms with Crippen molar-refractivity contribution in [2.75, 3.05) is 19.4 Å². The molecule has 1 saturated carbocycles. The first-order chi connectivity index (χ1) is 14.7. The van der Waals surface area contributed by atoms with Crippen molar-refractivity contribution in [1.29, 1.82) is 0 Å². The van der Waals surface area contributed by atoms with E-state index in [9.17, 15) is 8.78 Å². The molecule has 3 rings (SSSR count). The fourth-order valence-electron chi connectivity index (χ4n) is 3.49. The molecule has 1 aliphatic rings. The molecule has 31 heavy (non-hydrogen) atoms. The summed E-state index contributed by atoms with van der Waals surface area (Å²) >= 11 is 0. The third-order valence-electron chi connectivity index (χ3n) is 5.19. The number of allylic oxidation sites excluding steroid dienone is 1. The molecule has 2 aromatic rings. The van der Waals surface area contributed by atoms with E-state index in [-0.39, 0.29) is 24.6 Å². The molecular formula is C23H27F2N5O. The minimum Gasteiger partial charge on any atom is -0.483 e. The van der Waals surface area contributed by atoms with Crippen molar-refractivity contribution in [3.63, 3.8) is 0 Å². The standard InChI is InChI=1S/C23H27F2N5O/c1-14-3-6-19(18(11-26)13-29-12-15-9-23(24,25)10-15)22(30-14)17-5-4-16(20(27)7-17)8-21(28)31-2/h3-8,11,13,15H,9-10,12,26-28H2,1-2H3/b18-11+,21-8+,29-13?. The van der Waals surface area contributed by atoms with E-state index in [1.807, 2.05) is 37.3 Å². The molecule has 0 spiro atoms. The van der Waals surface area contributed by atoms with Crippen LogP contribution in [-0.2, 0) is 4.74 Å². The van der Waals surface area contributed by atoms with E-state index in [0.29, 0.717) is 23.5 Å². The monoisotopic (exact) mass is 427 g/mol. The molecule has 0 atom stereocenters. The molecule has 0 amide bonds. The molecule has 0 saturated heterocycles. The highest BCUT2D eigenvalue weighted by atomic mass is 19.3. The maximum Gasteiger partial charge on any atom is 0.248 e. The van der Waals surface area contributed by atoms with E-state index in [1.54, 1.807) is 12.3 Å². The summed E-state index contributed by atoms with van der Waals surface area (Å²) in [6.45, 7) is 2.24. The van der Waals surface area contributed by atoms with Gasteiger partial charge in [-0.2, -0.15) is 0 Å². The van der Waals surface area contributed by atoms with Crippen LogP contribution in [0.5, 0.6) is 0 Å². The second-order valence-corrected chi connectivity index (χ2v) is 7.69. The fraction of sp³-hybridized carbons (Fsp3) is 0.304. The maximum absolute atomic E-state index is 13.0. The molecule has 6 nitrogen and oxygen atoms in total. The summed E-state index contributed by atoms with van der Waals surface area (Å²) in [5.74, 6) is -2.39. The van der Waals surface area contributed by atoms with Gasteiger partial charge in [-0.05, 0) is 25.0 Å². The van der Waals surface area contributed by atoms with E-state index in [0.717, 1.165) is 22.4 Å². The Morgan fingerprint density at radius 2 is 2.03 bits per heavy atom. The van der Waals surface area contributed by atoms with E-state index in [1.165, 1.54) is 13.3 Å². The molecule has 1 aromatic heterocycles. The number of halogens is 2. The van der Waals surface area contributed by atoms with Crippen molar-refractivity contribution in [3.05, 3.63) is 59.2 Å². The van der Waals surface area contributed by atoms with Crippen LogP contribution >= 0.6 is 0 Å². The minimum atomic E-state index is -2.55. The number of pyridine rings is 1. The number of aliphatic imine (C=N–C) groups is 1. The Balaban J connectivity index is 1.89. The number of benzene rings is 1. The number of aromatic nitrogens is 1. The number of hydrogen-bond donors (Lipinski definition) is 3. The van der Waals surface area contributed by atoms with Crippen LogP contribution in [0.15, 0.2) is 47.4 Å². The molecule has 6 N–H and O–H groups in total. The average Bonchev–Trinajstić information content (AvgIpc) is 2.71. The largest absolute Gasteiger partial charge is 0.483 e. The number of hydrogen-bond acceptors (Lipinski definition) is 6. The van der Waals surface area contributed by atoms with Gasteiger partial charge in [0.25, 0.3) is 0 Å². The van der Waals surface area contributed by atoms with Crippen LogP contribution in [0.25, 0.3) is 22.9 Å². The van der Waals surface area contributed by atoms with Crippen molar-refractivity contribution in [2.45, 2.75) is 25.7 Å². The highest BCUT2D eigenvalue weighted by Crippen LogP contribution is 2.42. The number of nitrogens with zero attached hydrogens (tertiary/aromatic N) is 2. The van der Waals surface area contributed by atoms with Gasteiger partial charge in [-0.3, -0.25) is 9.98 Å². The Labute approximate surface area is 180 Å². The lowest BCUT2D eigenvalue weighted by atomic mass is 9.81. The topological polar surface area (TPSA) is 113 Å². The smallest absolute Gasteiger partial charge is 0.248 e. The van der Waals surface area contributed by atoms with E-state index >= 15 is 0 Å². The molecule has 164 valence electrons. The number of ether oxygens (including phenoxy) is 1. The Kier molecular flexibility index (Phi) is 6.58. The van der Waals surface area contributed by atoms with Gasteiger partial charge < -0.3 is 21.9 Å². The van der Waals surface area contributed by atoms with E-state index < -0.39 is 5.92 Å². The molecule has 0 radical (unpaired) electrons. The maximum atomic E-state index is 13.0. The third-order valence-corrected chi connectivity index (χ3v) is 5.19. The summed E-state index contributed by atoms with van der Waals surface area (Å²) in [6.07, 6.45) is 4.47. The van der Waals surface area contributed by atoms with Crippen LogP contribution < -0.4 is 17.2 Å². The average molecular weight is 427 g/mol. The van der Waals surface area contributed by atoms with Crippen LogP contribution in [0.3, 0.4) is 0 Å². The zero-order chi connectivity index (χ0) is 22.6. The number of nitrogens with two attached hydrogens (primary N) is 3. The van der Waals surface area contributed by atoms with Crippen molar-refractivity contribution >= 4 is 23.6 Å². The van der Waals surface area contributed by atoms with Crippen molar-refractivity contribution in [3.8, 4) is 11.3 Å². The predicted molar refractivity (Wildman–Crippen MR) is 121 cm³/mol. The fourth-order valence-corrected chi connectivity index (χ4v) is 3.49. The van der Waals surface area contributed by atoms with Gasteiger partial charge in [0.1, 0.15) is 0 Å². The first-order valence-electron chi connectivity index (χ1n) is 9.91. The summed E-state index contributed by atoms with van der Waals surface area (Å²) < 4.78 is 31.0. The first kappa shape index (κ1) is 22.3. The number of alkyl halides is 2. The molecule has 0 bridgehead atoms. The Morgan fingerprint density at radius 3 is 2.65 bits per heavy atom. The quantitative estimate of drug-likeness (QED) is 0.352. The van der Waals surface area contributed by atoms with Gasteiger partial charge in [0.15, 0.2) is 5.88 Å². The van der Waals surface area contributed by atoms with Crippen molar-refractivity contribution < 1.29 is 13.5 Å². The molecule has 8 heteroatoms. The molecule has 1 aliphatic carbocycles. The Morgan fingerprint density at radius 1 is 1.29 bits per heavy atom. The SMILES string of the molecule is CO/C(N)=C/c1ccc(-c2nc(C)ccc2/C(C=NCC2CC(F)(F)C2)=C/N)cc1N. The highest BCUT2D eigenvalue weighted by Gasteiger charge is 2.44. The molecule has 1 heterocycles. The van der Waals surface area contributed by atoms with E-state index in [4.69, 9.17) is 21.9 Å². The Hall–Kier alpha value is -3.42. The number of anilines is 1. The lowest BCUT2D eigenvalue weighted by molar-refractivity contribution is -0.107. The van der Waals surface area contributed by atoms with Gasteiger partial charge in [-0.25, -0.2) is 8.78 Å². The molecule has 1 fully saturated rings. The second kappa shape index (κ2) is 9.16. The van der Waals surface area contributed by atoms with Gasteiger partial charge >= 0.3 is 0 Å². The van der Waals surface area contributed by atoms with Gasteiger partial charge in [-0.15, -0.1) is 0 Å². The second-order valence-electron chi connectivity index (χ2n) is 7.69. The first-order valence-corrected chi connectivity index (χ1v) is 9.91. The predicted octanol–water partition coefficient (Wildman–Crippen LogP) is 3.96. The number of rotatable bonds is 7. The third kappa shape index (κ3) is 5.39. The summed E-state index contributed by atoms with van der Waals surface area (Å²) in [4.78, 5) is 9.01. The van der Waals surface area contributed by atoms with Crippen LogP contribution in [0.4, 0.5) is 14.5 Å². The van der Waals surface area contributed by atoms with Gasteiger partial charge in [0.05, 0.1) is 12.8 Å². The van der Waals surface area contributed by atoms with Gasteiger partial charge in [0.2, 0.25) is 5.92 Å². The number of nitrogen functional groups attached to an aromatic ring is 1. The van der Waals surface area contributed by atoms with Gasteiger partial charge in [0, 0.05) is 71.5 Å². The van der Waals surface area contributed by atoms with Crippen molar-refractivity contribution in [2.24, 2.45) is 22.4 Å². The lowest BCUT2D eigenvalue weighted by Crippen LogP contribution is -2.36. The van der Waals surface area contributed by atoms with Crippen LogP contribution in [0.1, 0.15) is 29.7 Å². The zero-order valence-electron chi connectivity index (χ0n) is 17.6. The minimum absolute atomic E-state index is 0.0965. The van der Waals surface area contributed by atoms with Crippen molar-refractivity contribution in [1.82, 2.24) is 4.98 Å². The molecule has 0 aliphatic heterocycles. The Bertz CT molecular complexity index is 1040. The molecule has 0 unspecified atom stereocenters. The summed E-state index contributed by atoms with van der Waals surface area (Å²) in [6, 6.07) is 9.32. The van der Waals surface area contributed by atoms with Crippen LogP contribution in [0.2, 0.25) is 0 Å². The summed E-state index contributed by atoms with van der Waals surface area (Å²) in [5, 5.41) is 0. The van der Waals surface area contributed by atoms with E-state index in [2.05, 4.69) is 9.98 Å². The summed E-state index contributed by atoms with van der Waals surface area (Å²) in [7, 11) is 1.48. The van der Waals surface area contributed by atoms with Crippen LogP contribution in [-0.4, -0.2) is 30.8 Å². The van der Waals surface area contributed by atoms with Gasteiger partial charge in [-0.1, -0.05) is 18.2 Å². The number of aryl methyl sites for hydroxylation is 1. The normalized spacial score (nSPS) is 17.0. The summed E-state index contributed by atoms with van der Waals surface area (Å²) in [5.41, 5.74) is 22.8.